The van der Waals surface area contributed by atoms with E-state index in [1.165, 1.54) is 18.6 Å². The Morgan fingerprint density at radius 3 is 2.59 bits per heavy atom. The smallest absolute Gasteiger partial charge is 0.345 e. The Balaban J connectivity index is 2.70. The molecule has 1 heterocycles. The third kappa shape index (κ3) is 3.52. The fourth-order valence-corrected chi connectivity index (χ4v) is 1.98. The van der Waals surface area contributed by atoms with E-state index in [4.69, 9.17) is 5.11 Å². The third-order valence-corrected chi connectivity index (χ3v) is 3.08. The molecule has 17 heavy (non-hydrogen) atoms. The van der Waals surface area contributed by atoms with Crippen molar-refractivity contribution in [2.75, 3.05) is 7.11 Å². The standard InChI is InChI=1S/C10H12O6S/c1-16-8(12)3-6(11)9(13)5-2-7(10(14)15)17-4-5/h2,4,6,9,11,13H,3H2,1H3,(H,14,15). The van der Waals surface area contributed by atoms with Gasteiger partial charge in [-0.2, -0.15) is 0 Å². The van der Waals surface area contributed by atoms with Gasteiger partial charge >= 0.3 is 11.9 Å². The van der Waals surface area contributed by atoms with Crippen molar-refractivity contribution in [3.63, 3.8) is 0 Å². The SMILES string of the molecule is COC(=O)CC(O)C(O)c1csc(C(=O)O)c1. The minimum Gasteiger partial charge on any atom is -0.477 e. The van der Waals surface area contributed by atoms with Gasteiger partial charge in [0.25, 0.3) is 0 Å². The number of methoxy groups -OCH3 is 1. The first-order valence-corrected chi connectivity index (χ1v) is 5.58. The molecule has 6 nitrogen and oxygen atoms in total. The highest BCUT2D eigenvalue weighted by Crippen LogP contribution is 2.24. The van der Waals surface area contributed by atoms with Crippen LogP contribution in [0.4, 0.5) is 0 Å². The van der Waals surface area contributed by atoms with Gasteiger partial charge in [0.05, 0.1) is 19.6 Å². The molecule has 0 saturated carbocycles. The van der Waals surface area contributed by atoms with E-state index in [0.29, 0.717) is 0 Å². The van der Waals surface area contributed by atoms with E-state index in [-0.39, 0.29) is 16.9 Å². The lowest BCUT2D eigenvalue weighted by Crippen LogP contribution is -2.22. The molecule has 0 aliphatic rings. The summed E-state index contributed by atoms with van der Waals surface area (Å²) in [6, 6.07) is 1.26. The summed E-state index contributed by atoms with van der Waals surface area (Å²) in [5, 5.41) is 29.3. The molecule has 0 aliphatic carbocycles. The summed E-state index contributed by atoms with van der Waals surface area (Å²) in [6.45, 7) is 0. The van der Waals surface area contributed by atoms with Gasteiger partial charge in [-0.3, -0.25) is 4.79 Å². The minimum absolute atomic E-state index is 0.0596. The number of hydrogen-bond acceptors (Lipinski definition) is 6. The maximum Gasteiger partial charge on any atom is 0.345 e. The molecular weight excluding hydrogens is 248 g/mol. The summed E-state index contributed by atoms with van der Waals surface area (Å²) in [4.78, 5) is 21.6. The molecule has 2 atom stereocenters. The van der Waals surface area contributed by atoms with Gasteiger partial charge in [0.15, 0.2) is 0 Å². The number of carbonyl (C=O) groups is 2. The predicted octanol–water partition coefficient (Wildman–Crippen LogP) is 0.404. The third-order valence-electron chi connectivity index (χ3n) is 2.14. The molecule has 0 bridgehead atoms. The molecule has 0 radical (unpaired) electrons. The van der Waals surface area contributed by atoms with Crippen LogP contribution in [0.2, 0.25) is 0 Å². The Morgan fingerprint density at radius 2 is 2.12 bits per heavy atom. The van der Waals surface area contributed by atoms with E-state index < -0.39 is 24.1 Å². The second kappa shape index (κ2) is 5.76. The molecule has 0 aliphatic heterocycles. The first kappa shape index (κ1) is 13.6. The van der Waals surface area contributed by atoms with Gasteiger partial charge in [-0.1, -0.05) is 0 Å². The highest BCUT2D eigenvalue weighted by molar-refractivity contribution is 7.12. The first-order valence-electron chi connectivity index (χ1n) is 4.70. The number of carboxylic acids is 1. The van der Waals surface area contributed by atoms with Crippen molar-refractivity contribution in [3.05, 3.63) is 21.9 Å². The number of carbonyl (C=O) groups excluding carboxylic acids is 1. The van der Waals surface area contributed by atoms with Crippen LogP contribution in [-0.4, -0.2) is 40.5 Å². The molecule has 7 heteroatoms. The molecule has 0 saturated heterocycles. The largest absolute Gasteiger partial charge is 0.477 e. The number of aliphatic hydroxyl groups is 2. The van der Waals surface area contributed by atoms with Gasteiger partial charge < -0.3 is 20.1 Å². The van der Waals surface area contributed by atoms with E-state index in [1.54, 1.807) is 0 Å². The minimum atomic E-state index is -1.32. The van der Waals surface area contributed by atoms with E-state index in [1.807, 2.05) is 0 Å². The van der Waals surface area contributed by atoms with Gasteiger partial charge in [-0.15, -0.1) is 11.3 Å². The van der Waals surface area contributed by atoms with Crippen LogP contribution in [0.1, 0.15) is 27.8 Å². The van der Waals surface area contributed by atoms with Crippen molar-refractivity contribution in [2.45, 2.75) is 18.6 Å². The lowest BCUT2D eigenvalue weighted by Gasteiger charge is -2.15. The molecule has 94 valence electrons. The molecule has 0 spiro atoms. The number of hydrogen-bond donors (Lipinski definition) is 3. The van der Waals surface area contributed by atoms with Gasteiger partial charge in [-0.05, 0) is 17.0 Å². The van der Waals surface area contributed by atoms with Crippen molar-refractivity contribution in [1.29, 1.82) is 0 Å². The maximum absolute atomic E-state index is 10.9. The van der Waals surface area contributed by atoms with Crippen LogP contribution >= 0.6 is 11.3 Å². The molecule has 1 rings (SSSR count). The Hall–Kier alpha value is -1.44. The zero-order valence-corrected chi connectivity index (χ0v) is 9.81. The summed E-state index contributed by atoms with van der Waals surface area (Å²) in [6.07, 6.45) is -2.98. The monoisotopic (exact) mass is 260 g/mol. The van der Waals surface area contributed by atoms with Crippen LogP contribution in [0, 0.1) is 0 Å². The second-order valence-corrected chi connectivity index (χ2v) is 4.25. The second-order valence-electron chi connectivity index (χ2n) is 3.34. The fourth-order valence-electron chi connectivity index (χ4n) is 1.21. The average molecular weight is 260 g/mol. The van der Waals surface area contributed by atoms with Gasteiger partial charge in [0, 0.05) is 0 Å². The number of esters is 1. The summed E-state index contributed by atoms with van der Waals surface area (Å²) >= 11 is 0.941. The van der Waals surface area contributed by atoms with E-state index in [9.17, 15) is 19.8 Å². The number of aliphatic hydroxyl groups excluding tert-OH is 2. The van der Waals surface area contributed by atoms with Crippen molar-refractivity contribution in [2.24, 2.45) is 0 Å². The number of aromatic carboxylic acids is 1. The van der Waals surface area contributed by atoms with Crippen molar-refractivity contribution >= 4 is 23.3 Å². The van der Waals surface area contributed by atoms with E-state index in [2.05, 4.69) is 4.74 Å². The van der Waals surface area contributed by atoms with Crippen LogP contribution in [0.3, 0.4) is 0 Å². The fraction of sp³-hybridized carbons (Fsp3) is 0.400. The summed E-state index contributed by atoms with van der Waals surface area (Å²) in [5.74, 6) is -1.75. The highest BCUT2D eigenvalue weighted by Gasteiger charge is 2.23. The van der Waals surface area contributed by atoms with Gasteiger partial charge in [-0.25, -0.2) is 4.79 Å². The lowest BCUT2D eigenvalue weighted by atomic mass is 10.1. The highest BCUT2D eigenvalue weighted by atomic mass is 32.1. The zero-order valence-electron chi connectivity index (χ0n) is 8.99. The van der Waals surface area contributed by atoms with E-state index in [0.717, 1.165) is 11.3 Å². The molecule has 0 fully saturated rings. The Bertz CT molecular complexity index is 413. The van der Waals surface area contributed by atoms with Crippen molar-refractivity contribution in [1.82, 2.24) is 0 Å². The zero-order chi connectivity index (χ0) is 13.0. The normalized spacial score (nSPS) is 14.1. The topological polar surface area (TPSA) is 104 Å². The van der Waals surface area contributed by atoms with Gasteiger partial charge in [0.2, 0.25) is 0 Å². The molecule has 1 aromatic rings. The first-order chi connectivity index (χ1) is 7.95. The Morgan fingerprint density at radius 1 is 1.47 bits per heavy atom. The van der Waals surface area contributed by atoms with Crippen LogP contribution in [0.5, 0.6) is 0 Å². The summed E-state index contributed by atoms with van der Waals surface area (Å²) in [7, 11) is 1.18. The van der Waals surface area contributed by atoms with Gasteiger partial charge in [0.1, 0.15) is 11.0 Å². The average Bonchev–Trinajstić information content (AvgIpc) is 2.77. The van der Waals surface area contributed by atoms with Crippen LogP contribution < -0.4 is 0 Å². The number of rotatable bonds is 5. The van der Waals surface area contributed by atoms with Crippen molar-refractivity contribution < 1.29 is 29.6 Å². The van der Waals surface area contributed by atoms with Crippen molar-refractivity contribution in [3.8, 4) is 0 Å². The lowest BCUT2D eigenvalue weighted by molar-refractivity contribution is -0.144. The molecular formula is C10H12O6S. The molecule has 0 aromatic carbocycles. The molecule has 3 N–H and O–H groups in total. The summed E-state index contributed by atoms with van der Waals surface area (Å²) < 4.78 is 4.35. The number of thiophene rings is 1. The quantitative estimate of drug-likeness (QED) is 0.662. The number of carboxylic acid groups (broad SMARTS) is 1. The molecule has 0 amide bonds. The molecule has 1 aromatic heterocycles. The summed E-state index contributed by atoms with van der Waals surface area (Å²) in [5.41, 5.74) is 0.267. The maximum atomic E-state index is 10.9. The Kier molecular flexibility index (Phi) is 4.62. The van der Waals surface area contributed by atoms with Crippen LogP contribution in [-0.2, 0) is 9.53 Å². The van der Waals surface area contributed by atoms with Crippen LogP contribution in [0.25, 0.3) is 0 Å². The van der Waals surface area contributed by atoms with Crippen LogP contribution in [0.15, 0.2) is 11.4 Å². The van der Waals surface area contributed by atoms with E-state index >= 15 is 0 Å². The number of ether oxygens (including phenoxy) is 1. The Labute approximate surface area is 101 Å². The molecule has 2 unspecified atom stereocenters. The predicted molar refractivity (Wildman–Crippen MR) is 58.9 cm³/mol.